The Hall–Kier alpha value is -2.42. The number of carbonyl (C=O) groups excluding carboxylic acids is 3. The molecule has 150 valence electrons. The van der Waals surface area contributed by atoms with Gasteiger partial charge in [-0.15, -0.1) is 0 Å². The Morgan fingerprint density at radius 2 is 1.86 bits per heavy atom. The van der Waals surface area contributed by atoms with Crippen LogP contribution in [0.1, 0.15) is 31.7 Å². The fraction of sp³-hybridized carbons (Fsp3) is 0.526. The van der Waals surface area contributed by atoms with Gasteiger partial charge in [0.2, 0.25) is 5.91 Å². The van der Waals surface area contributed by atoms with Gasteiger partial charge in [0, 0.05) is 12.1 Å². The second kappa shape index (κ2) is 6.58. The summed E-state index contributed by atoms with van der Waals surface area (Å²) in [4.78, 5) is 41.0. The van der Waals surface area contributed by atoms with Crippen LogP contribution < -0.4 is 5.32 Å². The SMILES string of the molecule is C[C@@]1(c2ccccc2)NC(=O)N(CC(=O)N(C2CC2)[C@H]2CCS(=O)(=O)C2)C1=O. The van der Waals surface area contributed by atoms with E-state index in [1.807, 2.05) is 6.07 Å². The van der Waals surface area contributed by atoms with Gasteiger partial charge in [0.15, 0.2) is 9.84 Å². The molecular weight excluding hydrogens is 382 g/mol. The molecule has 1 aromatic carbocycles. The van der Waals surface area contributed by atoms with Crippen molar-refractivity contribution in [2.24, 2.45) is 0 Å². The largest absolute Gasteiger partial charge is 0.334 e. The van der Waals surface area contributed by atoms with E-state index >= 15 is 0 Å². The van der Waals surface area contributed by atoms with Gasteiger partial charge in [0.05, 0.1) is 11.5 Å². The van der Waals surface area contributed by atoms with E-state index in [0.717, 1.165) is 17.7 Å². The number of nitrogens with zero attached hydrogens (tertiary/aromatic N) is 2. The summed E-state index contributed by atoms with van der Waals surface area (Å²) in [7, 11) is -3.14. The Morgan fingerprint density at radius 1 is 1.18 bits per heavy atom. The molecule has 2 heterocycles. The highest BCUT2D eigenvalue weighted by atomic mass is 32.2. The molecule has 1 aromatic rings. The zero-order chi connectivity index (χ0) is 20.1. The van der Waals surface area contributed by atoms with Gasteiger partial charge in [-0.3, -0.25) is 14.5 Å². The molecular formula is C19H23N3O5S. The fourth-order valence-electron chi connectivity index (χ4n) is 4.08. The molecule has 0 aromatic heterocycles. The average Bonchev–Trinajstić information content (AvgIpc) is 3.38. The van der Waals surface area contributed by atoms with Crippen molar-refractivity contribution < 1.29 is 22.8 Å². The summed E-state index contributed by atoms with van der Waals surface area (Å²) in [6.45, 7) is 1.25. The predicted molar refractivity (Wildman–Crippen MR) is 101 cm³/mol. The molecule has 8 nitrogen and oxygen atoms in total. The standard InChI is InChI=1S/C19H23N3O5S/c1-19(13-5-3-2-4-6-13)17(24)21(18(25)20-19)11-16(23)22(14-7-8-14)15-9-10-28(26,27)12-15/h2-6,14-15H,7-12H2,1H3,(H,20,25)/t15-,19-/m0/s1. The molecule has 2 saturated heterocycles. The first-order chi connectivity index (χ1) is 13.2. The Labute approximate surface area is 163 Å². The number of benzene rings is 1. The minimum absolute atomic E-state index is 0.00655. The van der Waals surface area contributed by atoms with Gasteiger partial charge in [-0.2, -0.15) is 0 Å². The van der Waals surface area contributed by atoms with Crippen molar-refractivity contribution in [2.75, 3.05) is 18.1 Å². The van der Waals surface area contributed by atoms with Gasteiger partial charge >= 0.3 is 6.03 Å². The van der Waals surface area contributed by atoms with Crippen molar-refractivity contribution in [2.45, 2.75) is 43.8 Å². The lowest BCUT2D eigenvalue weighted by Gasteiger charge is -2.30. The van der Waals surface area contributed by atoms with Crippen LogP contribution in [-0.2, 0) is 25.0 Å². The van der Waals surface area contributed by atoms with Crippen LogP contribution in [0, 0.1) is 0 Å². The number of carbonyl (C=O) groups is 3. The van der Waals surface area contributed by atoms with Crippen molar-refractivity contribution in [3.05, 3.63) is 35.9 Å². The Bertz CT molecular complexity index is 928. The number of amides is 4. The van der Waals surface area contributed by atoms with Gasteiger partial charge in [0.1, 0.15) is 12.1 Å². The molecule has 4 amide bonds. The monoisotopic (exact) mass is 405 g/mol. The van der Waals surface area contributed by atoms with Crippen LogP contribution in [0.2, 0.25) is 0 Å². The van der Waals surface area contributed by atoms with Crippen LogP contribution in [0.4, 0.5) is 4.79 Å². The zero-order valence-corrected chi connectivity index (χ0v) is 16.4. The van der Waals surface area contributed by atoms with Crippen LogP contribution in [0.5, 0.6) is 0 Å². The van der Waals surface area contributed by atoms with Crippen LogP contribution in [0.3, 0.4) is 0 Å². The molecule has 0 unspecified atom stereocenters. The zero-order valence-electron chi connectivity index (χ0n) is 15.6. The number of urea groups is 1. The molecule has 1 aliphatic carbocycles. The van der Waals surface area contributed by atoms with E-state index in [1.54, 1.807) is 36.1 Å². The smallest absolute Gasteiger partial charge is 0.325 e. The highest BCUT2D eigenvalue weighted by Crippen LogP contribution is 2.33. The molecule has 0 spiro atoms. The Morgan fingerprint density at radius 3 is 2.43 bits per heavy atom. The van der Waals surface area contributed by atoms with Crippen molar-refractivity contribution in [3.63, 3.8) is 0 Å². The molecule has 28 heavy (non-hydrogen) atoms. The third-order valence-electron chi connectivity index (χ3n) is 5.75. The van der Waals surface area contributed by atoms with E-state index in [2.05, 4.69) is 5.32 Å². The minimum Gasteiger partial charge on any atom is -0.334 e. The van der Waals surface area contributed by atoms with E-state index < -0.39 is 27.3 Å². The maximum Gasteiger partial charge on any atom is 0.325 e. The van der Waals surface area contributed by atoms with Gasteiger partial charge in [-0.05, 0) is 31.7 Å². The Kier molecular flexibility index (Phi) is 4.45. The third kappa shape index (κ3) is 3.28. The molecule has 2 aliphatic heterocycles. The van der Waals surface area contributed by atoms with Crippen molar-refractivity contribution in [1.82, 2.24) is 15.1 Å². The quantitative estimate of drug-likeness (QED) is 0.724. The van der Waals surface area contributed by atoms with E-state index in [1.165, 1.54) is 0 Å². The number of hydrogen-bond acceptors (Lipinski definition) is 5. The van der Waals surface area contributed by atoms with Crippen LogP contribution in [0.25, 0.3) is 0 Å². The van der Waals surface area contributed by atoms with Gasteiger partial charge in [-0.25, -0.2) is 13.2 Å². The maximum atomic E-state index is 13.0. The molecule has 9 heteroatoms. The van der Waals surface area contributed by atoms with E-state index in [-0.39, 0.29) is 36.0 Å². The highest BCUT2D eigenvalue weighted by Gasteiger charge is 2.51. The fourth-order valence-corrected chi connectivity index (χ4v) is 5.79. The minimum atomic E-state index is -3.14. The summed E-state index contributed by atoms with van der Waals surface area (Å²) in [5.74, 6) is -0.822. The van der Waals surface area contributed by atoms with E-state index in [4.69, 9.17) is 0 Å². The summed E-state index contributed by atoms with van der Waals surface area (Å²) < 4.78 is 23.7. The lowest BCUT2D eigenvalue weighted by atomic mass is 9.92. The van der Waals surface area contributed by atoms with Gasteiger partial charge in [0.25, 0.3) is 5.91 Å². The predicted octanol–water partition coefficient (Wildman–Crippen LogP) is 0.632. The first kappa shape index (κ1) is 18.9. The van der Waals surface area contributed by atoms with Crippen molar-refractivity contribution in [3.8, 4) is 0 Å². The topological polar surface area (TPSA) is 104 Å². The summed E-state index contributed by atoms with van der Waals surface area (Å²) in [6, 6.07) is 7.91. The van der Waals surface area contributed by atoms with Crippen molar-refractivity contribution in [1.29, 1.82) is 0 Å². The maximum absolute atomic E-state index is 13.0. The molecule has 1 saturated carbocycles. The summed E-state index contributed by atoms with van der Waals surface area (Å²) in [6.07, 6.45) is 2.06. The van der Waals surface area contributed by atoms with Gasteiger partial charge < -0.3 is 10.2 Å². The number of imide groups is 1. The molecule has 4 rings (SSSR count). The lowest BCUT2D eigenvalue weighted by Crippen LogP contribution is -2.49. The first-order valence-electron chi connectivity index (χ1n) is 9.42. The summed E-state index contributed by atoms with van der Waals surface area (Å²) in [5.41, 5.74) is -0.580. The molecule has 3 aliphatic rings. The summed E-state index contributed by atoms with van der Waals surface area (Å²) in [5, 5.41) is 2.69. The first-order valence-corrected chi connectivity index (χ1v) is 11.2. The summed E-state index contributed by atoms with van der Waals surface area (Å²) >= 11 is 0. The number of hydrogen-bond donors (Lipinski definition) is 1. The normalized spacial score (nSPS) is 29.0. The third-order valence-corrected chi connectivity index (χ3v) is 7.50. The van der Waals surface area contributed by atoms with Crippen LogP contribution in [0.15, 0.2) is 30.3 Å². The highest BCUT2D eigenvalue weighted by molar-refractivity contribution is 7.91. The molecule has 0 bridgehead atoms. The van der Waals surface area contributed by atoms with Crippen LogP contribution >= 0.6 is 0 Å². The average molecular weight is 405 g/mol. The number of nitrogens with one attached hydrogen (secondary N) is 1. The van der Waals surface area contributed by atoms with Crippen molar-refractivity contribution >= 4 is 27.7 Å². The molecule has 2 atom stereocenters. The second-order valence-corrected chi connectivity index (χ2v) is 10.1. The second-order valence-electron chi connectivity index (χ2n) is 7.90. The van der Waals surface area contributed by atoms with E-state index in [0.29, 0.717) is 12.0 Å². The lowest BCUT2D eigenvalue weighted by molar-refractivity contribution is -0.140. The number of sulfone groups is 1. The van der Waals surface area contributed by atoms with Crippen LogP contribution in [-0.4, -0.2) is 66.2 Å². The Balaban J connectivity index is 1.52. The number of rotatable bonds is 5. The molecule has 0 radical (unpaired) electrons. The molecule has 1 N–H and O–H groups in total. The van der Waals surface area contributed by atoms with Gasteiger partial charge in [-0.1, -0.05) is 30.3 Å². The van der Waals surface area contributed by atoms with E-state index in [9.17, 15) is 22.8 Å². The molecule has 3 fully saturated rings.